The van der Waals surface area contributed by atoms with Crippen molar-refractivity contribution >= 4 is 33.3 Å². The van der Waals surface area contributed by atoms with Gasteiger partial charge in [-0.15, -0.1) is 0 Å². The molecule has 0 aromatic heterocycles. The van der Waals surface area contributed by atoms with E-state index in [1.807, 2.05) is 43.3 Å². The number of hydrogen-bond acceptors (Lipinski definition) is 2. The van der Waals surface area contributed by atoms with Crippen molar-refractivity contribution in [3.8, 4) is 0 Å². The van der Waals surface area contributed by atoms with Crippen molar-refractivity contribution in [2.75, 3.05) is 5.32 Å². The lowest BCUT2D eigenvalue weighted by molar-refractivity contribution is -0.116. The molecule has 114 valence electrons. The second-order valence-corrected chi connectivity index (χ2v) is 6.07. The first kappa shape index (κ1) is 16.4. The van der Waals surface area contributed by atoms with Gasteiger partial charge in [-0.2, -0.15) is 0 Å². The number of ketones is 1. The summed E-state index contributed by atoms with van der Waals surface area (Å²) in [6.45, 7) is 1.94. The van der Waals surface area contributed by atoms with Crippen molar-refractivity contribution in [3.63, 3.8) is 0 Å². The number of aryl methyl sites for hydroxylation is 1. The fourth-order valence-corrected chi connectivity index (χ4v) is 2.63. The third-order valence-electron chi connectivity index (χ3n) is 3.37. The molecule has 0 aliphatic carbocycles. The lowest BCUT2D eigenvalue weighted by Gasteiger charge is -2.08. The molecule has 0 atom stereocenters. The predicted molar refractivity (Wildman–Crippen MR) is 92.1 cm³/mol. The lowest BCUT2D eigenvalue weighted by atomic mass is 10.1. The van der Waals surface area contributed by atoms with Crippen LogP contribution in [0.5, 0.6) is 0 Å². The molecule has 0 aliphatic rings. The van der Waals surface area contributed by atoms with Crippen LogP contribution in [0.3, 0.4) is 0 Å². The molecule has 0 unspecified atom stereocenters. The van der Waals surface area contributed by atoms with Crippen molar-refractivity contribution in [3.05, 3.63) is 64.1 Å². The van der Waals surface area contributed by atoms with E-state index >= 15 is 0 Å². The minimum absolute atomic E-state index is 0.0636. The Morgan fingerprint density at radius 3 is 2.45 bits per heavy atom. The summed E-state index contributed by atoms with van der Waals surface area (Å²) in [5.74, 6) is 0.0134. The fourth-order valence-electron chi connectivity index (χ4n) is 2.16. The van der Waals surface area contributed by atoms with Crippen LogP contribution in [0.1, 0.15) is 35.2 Å². The molecule has 1 amide bonds. The van der Waals surface area contributed by atoms with Crippen LogP contribution in [-0.2, 0) is 4.79 Å². The Morgan fingerprint density at radius 1 is 1.05 bits per heavy atom. The molecule has 0 heterocycles. The van der Waals surface area contributed by atoms with Gasteiger partial charge in [0.25, 0.3) is 0 Å². The third-order valence-corrected chi connectivity index (χ3v) is 3.86. The van der Waals surface area contributed by atoms with Gasteiger partial charge in [0.05, 0.1) is 0 Å². The maximum absolute atomic E-state index is 11.9. The highest BCUT2D eigenvalue weighted by Crippen LogP contribution is 2.20. The topological polar surface area (TPSA) is 46.2 Å². The number of benzene rings is 2. The van der Waals surface area contributed by atoms with Crippen LogP contribution in [-0.4, -0.2) is 11.7 Å². The second kappa shape index (κ2) is 7.90. The average molecular weight is 360 g/mol. The van der Waals surface area contributed by atoms with Gasteiger partial charge in [0, 0.05) is 28.6 Å². The van der Waals surface area contributed by atoms with E-state index in [2.05, 4.69) is 21.2 Å². The van der Waals surface area contributed by atoms with E-state index in [0.29, 0.717) is 24.8 Å². The SMILES string of the molecule is Cc1cc(Br)ccc1NC(=O)CCCC(=O)c1ccccc1. The zero-order chi connectivity index (χ0) is 15.9. The summed E-state index contributed by atoms with van der Waals surface area (Å²) in [6, 6.07) is 14.9. The molecular weight excluding hydrogens is 342 g/mol. The summed E-state index contributed by atoms with van der Waals surface area (Å²) in [7, 11) is 0. The van der Waals surface area contributed by atoms with Crippen molar-refractivity contribution < 1.29 is 9.59 Å². The zero-order valence-corrected chi connectivity index (χ0v) is 14.0. The summed E-state index contributed by atoms with van der Waals surface area (Å²) in [5.41, 5.74) is 2.51. The highest BCUT2D eigenvalue weighted by atomic mass is 79.9. The number of hydrogen-bond donors (Lipinski definition) is 1. The van der Waals surface area contributed by atoms with Crippen LogP contribution in [0.15, 0.2) is 53.0 Å². The molecular formula is C18H18BrNO2. The maximum Gasteiger partial charge on any atom is 0.224 e. The molecule has 2 aromatic rings. The predicted octanol–water partition coefficient (Wildman–Crippen LogP) is 4.75. The molecule has 0 saturated carbocycles. The summed E-state index contributed by atoms with van der Waals surface area (Å²) < 4.78 is 0.983. The third kappa shape index (κ3) is 4.81. The fraction of sp³-hybridized carbons (Fsp3) is 0.222. The van der Waals surface area contributed by atoms with E-state index < -0.39 is 0 Å². The number of Topliss-reactive ketones (excluding diaryl/α,β-unsaturated/α-hetero) is 1. The van der Waals surface area contributed by atoms with Crippen molar-refractivity contribution in [1.29, 1.82) is 0 Å². The first-order valence-corrected chi connectivity index (χ1v) is 8.00. The highest BCUT2D eigenvalue weighted by molar-refractivity contribution is 9.10. The molecule has 0 aliphatic heterocycles. The van der Waals surface area contributed by atoms with E-state index in [1.54, 1.807) is 12.1 Å². The van der Waals surface area contributed by atoms with Crippen LogP contribution in [0.4, 0.5) is 5.69 Å². The average Bonchev–Trinajstić information content (AvgIpc) is 2.51. The van der Waals surface area contributed by atoms with E-state index in [1.165, 1.54) is 0 Å². The quantitative estimate of drug-likeness (QED) is 0.756. The Bertz CT molecular complexity index is 668. The molecule has 0 fully saturated rings. The Hall–Kier alpha value is -1.94. The molecule has 0 radical (unpaired) electrons. The Morgan fingerprint density at radius 2 is 1.77 bits per heavy atom. The van der Waals surface area contributed by atoms with Gasteiger partial charge in [0.15, 0.2) is 5.78 Å². The van der Waals surface area contributed by atoms with E-state index in [9.17, 15) is 9.59 Å². The van der Waals surface area contributed by atoms with E-state index in [4.69, 9.17) is 0 Å². The van der Waals surface area contributed by atoms with Gasteiger partial charge in [-0.25, -0.2) is 0 Å². The number of nitrogens with one attached hydrogen (secondary N) is 1. The van der Waals surface area contributed by atoms with Gasteiger partial charge in [-0.3, -0.25) is 9.59 Å². The number of carbonyl (C=O) groups excluding carboxylic acids is 2. The Kier molecular flexibility index (Phi) is 5.90. The smallest absolute Gasteiger partial charge is 0.224 e. The monoisotopic (exact) mass is 359 g/mol. The summed E-state index contributed by atoms with van der Waals surface area (Å²) in [4.78, 5) is 23.9. The van der Waals surface area contributed by atoms with Gasteiger partial charge in [0.2, 0.25) is 5.91 Å². The van der Waals surface area contributed by atoms with Crippen molar-refractivity contribution in [2.24, 2.45) is 0 Å². The standard InChI is InChI=1S/C18H18BrNO2/c1-13-12-15(19)10-11-16(13)20-18(22)9-5-8-17(21)14-6-3-2-4-7-14/h2-4,6-7,10-12H,5,8-9H2,1H3,(H,20,22). The molecule has 2 aromatic carbocycles. The second-order valence-electron chi connectivity index (χ2n) is 5.15. The molecule has 0 bridgehead atoms. The lowest BCUT2D eigenvalue weighted by Crippen LogP contribution is -2.12. The molecule has 0 saturated heterocycles. The largest absolute Gasteiger partial charge is 0.326 e. The molecule has 4 heteroatoms. The Labute approximate surface area is 138 Å². The summed E-state index contributed by atoms with van der Waals surface area (Å²) in [6.07, 6.45) is 1.28. The number of halogens is 1. The normalized spacial score (nSPS) is 10.3. The minimum atomic E-state index is -0.0636. The van der Waals surface area contributed by atoms with Gasteiger partial charge >= 0.3 is 0 Å². The number of anilines is 1. The molecule has 0 spiro atoms. The zero-order valence-electron chi connectivity index (χ0n) is 12.4. The van der Waals surface area contributed by atoms with Crippen LogP contribution < -0.4 is 5.32 Å². The minimum Gasteiger partial charge on any atom is -0.326 e. The van der Waals surface area contributed by atoms with Gasteiger partial charge in [0.1, 0.15) is 0 Å². The molecule has 22 heavy (non-hydrogen) atoms. The molecule has 3 nitrogen and oxygen atoms in total. The van der Waals surface area contributed by atoms with Crippen LogP contribution >= 0.6 is 15.9 Å². The van der Waals surface area contributed by atoms with Gasteiger partial charge in [-0.05, 0) is 37.1 Å². The number of amides is 1. The summed E-state index contributed by atoms with van der Waals surface area (Å²) in [5, 5.41) is 2.88. The van der Waals surface area contributed by atoms with Gasteiger partial charge in [-0.1, -0.05) is 46.3 Å². The van der Waals surface area contributed by atoms with Crippen LogP contribution in [0.25, 0.3) is 0 Å². The maximum atomic E-state index is 11.9. The first-order chi connectivity index (χ1) is 10.6. The number of carbonyl (C=O) groups is 2. The Balaban J connectivity index is 1.80. The molecule has 2 rings (SSSR count). The molecule has 1 N–H and O–H groups in total. The highest BCUT2D eigenvalue weighted by Gasteiger charge is 2.08. The number of rotatable bonds is 6. The first-order valence-electron chi connectivity index (χ1n) is 7.20. The summed E-state index contributed by atoms with van der Waals surface area (Å²) >= 11 is 3.39. The van der Waals surface area contributed by atoms with E-state index in [0.717, 1.165) is 15.7 Å². The van der Waals surface area contributed by atoms with Crippen LogP contribution in [0.2, 0.25) is 0 Å². The van der Waals surface area contributed by atoms with E-state index in [-0.39, 0.29) is 11.7 Å². The van der Waals surface area contributed by atoms with Crippen LogP contribution in [0, 0.1) is 6.92 Å². The van der Waals surface area contributed by atoms with Crippen molar-refractivity contribution in [2.45, 2.75) is 26.2 Å². The van der Waals surface area contributed by atoms with Gasteiger partial charge < -0.3 is 5.32 Å². The van der Waals surface area contributed by atoms with Crippen molar-refractivity contribution in [1.82, 2.24) is 0 Å².